The molecule has 0 N–H and O–H groups in total. The van der Waals surface area contributed by atoms with Crippen molar-refractivity contribution in [3.63, 3.8) is 0 Å². The number of hydrogen-bond acceptors (Lipinski definition) is 2. The number of alkyl halides is 1. The molecular formula is C15H28BrNO. The summed E-state index contributed by atoms with van der Waals surface area (Å²) < 4.78 is 6.01. The van der Waals surface area contributed by atoms with Crippen molar-refractivity contribution >= 4 is 15.9 Å². The third-order valence-corrected chi connectivity index (χ3v) is 5.59. The summed E-state index contributed by atoms with van der Waals surface area (Å²) in [6.45, 7) is 10.1. The molecule has 2 aliphatic rings. The van der Waals surface area contributed by atoms with Gasteiger partial charge in [-0.05, 0) is 39.0 Å². The van der Waals surface area contributed by atoms with Gasteiger partial charge in [-0.25, -0.2) is 0 Å². The second kappa shape index (κ2) is 5.80. The van der Waals surface area contributed by atoms with Crippen LogP contribution in [-0.4, -0.2) is 41.6 Å². The van der Waals surface area contributed by atoms with Crippen LogP contribution in [0.2, 0.25) is 0 Å². The topological polar surface area (TPSA) is 12.5 Å². The average Bonchev–Trinajstić information content (AvgIpc) is 2.27. The van der Waals surface area contributed by atoms with Crippen LogP contribution in [0, 0.1) is 5.41 Å². The van der Waals surface area contributed by atoms with Crippen molar-refractivity contribution in [3.8, 4) is 0 Å². The fourth-order valence-electron chi connectivity index (χ4n) is 3.82. The minimum Gasteiger partial charge on any atom is -0.370 e. The SMILES string of the molecule is CC1CN(CC2(CBr)CCCCC2)CC(C)(C)O1. The van der Waals surface area contributed by atoms with Gasteiger partial charge < -0.3 is 4.74 Å². The first-order chi connectivity index (χ1) is 8.45. The van der Waals surface area contributed by atoms with Crippen molar-refractivity contribution in [2.75, 3.05) is 25.0 Å². The Hall–Kier alpha value is 0.400. The van der Waals surface area contributed by atoms with Gasteiger partial charge in [-0.1, -0.05) is 35.2 Å². The van der Waals surface area contributed by atoms with Gasteiger partial charge in [-0.3, -0.25) is 4.90 Å². The Balaban J connectivity index is 1.98. The number of morpholine rings is 1. The molecule has 1 heterocycles. The van der Waals surface area contributed by atoms with Crippen LogP contribution >= 0.6 is 15.9 Å². The number of nitrogens with zero attached hydrogens (tertiary/aromatic N) is 1. The van der Waals surface area contributed by atoms with Crippen molar-refractivity contribution in [3.05, 3.63) is 0 Å². The highest BCUT2D eigenvalue weighted by atomic mass is 79.9. The quantitative estimate of drug-likeness (QED) is 0.733. The monoisotopic (exact) mass is 317 g/mol. The van der Waals surface area contributed by atoms with Crippen molar-refractivity contribution in [2.45, 2.75) is 64.6 Å². The summed E-state index contributed by atoms with van der Waals surface area (Å²) >= 11 is 3.78. The number of rotatable bonds is 3. The van der Waals surface area contributed by atoms with Gasteiger partial charge >= 0.3 is 0 Å². The van der Waals surface area contributed by atoms with E-state index in [1.165, 1.54) is 38.6 Å². The van der Waals surface area contributed by atoms with E-state index in [1.807, 2.05) is 0 Å². The van der Waals surface area contributed by atoms with Gasteiger partial charge in [0.1, 0.15) is 0 Å². The summed E-state index contributed by atoms with van der Waals surface area (Å²) in [5, 5.41) is 1.16. The third-order valence-electron chi connectivity index (χ3n) is 4.40. The Kier molecular flexibility index (Phi) is 4.77. The summed E-state index contributed by atoms with van der Waals surface area (Å²) in [6, 6.07) is 0. The maximum absolute atomic E-state index is 6.01. The first-order valence-electron chi connectivity index (χ1n) is 7.41. The lowest BCUT2D eigenvalue weighted by atomic mass is 9.75. The molecule has 2 nitrogen and oxygen atoms in total. The molecule has 0 aromatic heterocycles. The van der Waals surface area contributed by atoms with Crippen LogP contribution in [0.25, 0.3) is 0 Å². The van der Waals surface area contributed by atoms with Crippen LogP contribution in [0.1, 0.15) is 52.9 Å². The second-order valence-corrected chi connectivity index (χ2v) is 7.61. The highest BCUT2D eigenvalue weighted by Crippen LogP contribution is 2.39. The predicted molar refractivity (Wildman–Crippen MR) is 80.4 cm³/mol. The average molecular weight is 318 g/mol. The zero-order valence-electron chi connectivity index (χ0n) is 12.2. The van der Waals surface area contributed by atoms with Crippen molar-refractivity contribution in [1.82, 2.24) is 4.90 Å². The molecule has 1 aliphatic heterocycles. The molecule has 0 amide bonds. The standard InChI is InChI=1S/C15H28BrNO/c1-13-9-17(11-14(2,3)18-13)12-15(10-16)7-5-4-6-8-15/h13H,4-12H2,1-3H3. The molecule has 2 fully saturated rings. The van der Waals surface area contributed by atoms with Gasteiger partial charge in [-0.2, -0.15) is 0 Å². The Morgan fingerprint density at radius 3 is 2.44 bits per heavy atom. The summed E-state index contributed by atoms with van der Waals surface area (Å²) in [4.78, 5) is 2.64. The van der Waals surface area contributed by atoms with Gasteiger partial charge in [-0.15, -0.1) is 0 Å². The third kappa shape index (κ3) is 3.71. The summed E-state index contributed by atoms with van der Waals surface area (Å²) in [7, 11) is 0. The maximum Gasteiger partial charge on any atom is 0.0757 e. The normalized spacial score (nSPS) is 32.3. The first-order valence-corrected chi connectivity index (χ1v) is 8.53. The van der Waals surface area contributed by atoms with Crippen LogP contribution in [0.4, 0.5) is 0 Å². The van der Waals surface area contributed by atoms with E-state index in [1.54, 1.807) is 0 Å². The molecule has 1 unspecified atom stereocenters. The molecule has 0 spiro atoms. The minimum absolute atomic E-state index is 0.0137. The van der Waals surface area contributed by atoms with E-state index < -0.39 is 0 Å². The van der Waals surface area contributed by atoms with Crippen LogP contribution in [0.5, 0.6) is 0 Å². The van der Waals surface area contributed by atoms with Crippen LogP contribution in [0.3, 0.4) is 0 Å². The lowest BCUT2D eigenvalue weighted by molar-refractivity contribution is -0.135. The molecule has 0 aromatic carbocycles. The highest BCUT2D eigenvalue weighted by molar-refractivity contribution is 9.09. The van der Waals surface area contributed by atoms with E-state index in [9.17, 15) is 0 Å². The highest BCUT2D eigenvalue weighted by Gasteiger charge is 2.37. The van der Waals surface area contributed by atoms with E-state index in [0.717, 1.165) is 18.4 Å². The fraction of sp³-hybridized carbons (Fsp3) is 1.00. The molecular weight excluding hydrogens is 290 g/mol. The molecule has 1 saturated carbocycles. The van der Waals surface area contributed by atoms with Gasteiger partial charge in [0.05, 0.1) is 11.7 Å². The summed E-state index contributed by atoms with van der Waals surface area (Å²) in [5.74, 6) is 0. The molecule has 3 heteroatoms. The Morgan fingerprint density at radius 2 is 1.89 bits per heavy atom. The predicted octanol–water partition coefficient (Wildman–Crippen LogP) is 3.83. The number of hydrogen-bond donors (Lipinski definition) is 0. The molecule has 2 rings (SSSR count). The Bertz CT molecular complexity index is 274. The van der Waals surface area contributed by atoms with E-state index in [-0.39, 0.29) is 5.60 Å². The largest absolute Gasteiger partial charge is 0.370 e. The van der Waals surface area contributed by atoms with Crippen LogP contribution in [-0.2, 0) is 4.74 Å². The van der Waals surface area contributed by atoms with Crippen molar-refractivity contribution < 1.29 is 4.74 Å². The molecule has 18 heavy (non-hydrogen) atoms. The molecule has 0 radical (unpaired) electrons. The van der Waals surface area contributed by atoms with Crippen molar-refractivity contribution in [2.24, 2.45) is 5.41 Å². The van der Waals surface area contributed by atoms with Crippen LogP contribution < -0.4 is 0 Å². The molecule has 106 valence electrons. The van der Waals surface area contributed by atoms with Crippen molar-refractivity contribution in [1.29, 1.82) is 0 Å². The zero-order valence-corrected chi connectivity index (χ0v) is 13.8. The Morgan fingerprint density at radius 1 is 1.22 bits per heavy atom. The first kappa shape index (κ1) is 14.8. The van der Waals surface area contributed by atoms with Gasteiger partial charge in [0.25, 0.3) is 0 Å². The van der Waals surface area contributed by atoms with Gasteiger partial charge in [0.15, 0.2) is 0 Å². The number of halogens is 1. The summed E-state index contributed by atoms with van der Waals surface area (Å²) in [5.41, 5.74) is 0.533. The molecule has 0 bridgehead atoms. The molecule has 1 saturated heterocycles. The van der Waals surface area contributed by atoms with Gasteiger partial charge in [0, 0.05) is 25.0 Å². The van der Waals surface area contributed by atoms with Crippen LogP contribution in [0.15, 0.2) is 0 Å². The van der Waals surface area contributed by atoms with E-state index in [0.29, 0.717) is 11.5 Å². The number of ether oxygens (including phenoxy) is 1. The molecule has 1 aliphatic carbocycles. The molecule has 0 aromatic rings. The zero-order chi connectivity index (χ0) is 13.2. The minimum atomic E-state index is 0.0137. The smallest absolute Gasteiger partial charge is 0.0757 e. The van der Waals surface area contributed by atoms with E-state index in [4.69, 9.17) is 4.74 Å². The Labute approximate surface area is 121 Å². The van der Waals surface area contributed by atoms with Gasteiger partial charge in [0.2, 0.25) is 0 Å². The maximum atomic E-state index is 6.01. The summed E-state index contributed by atoms with van der Waals surface area (Å²) in [6.07, 6.45) is 7.41. The fourth-order valence-corrected chi connectivity index (χ4v) is 4.55. The van der Waals surface area contributed by atoms with E-state index in [2.05, 4.69) is 41.6 Å². The second-order valence-electron chi connectivity index (χ2n) is 7.05. The molecule has 1 atom stereocenters. The lowest BCUT2D eigenvalue weighted by Crippen LogP contribution is -2.55. The van der Waals surface area contributed by atoms with E-state index >= 15 is 0 Å². The lowest BCUT2D eigenvalue weighted by Gasteiger charge is -2.46.